The fourth-order valence-electron chi connectivity index (χ4n) is 1.95. The van der Waals surface area contributed by atoms with E-state index in [0.717, 1.165) is 4.90 Å². The van der Waals surface area contributed by atoms with Crippen molar-refractivity contribution in [2.75, 3.05) is 6.54 Å². The van der Waals surface area contributed by atoms with Gasteiger partial charge in [0.2, 0.25) is 5.91 Å². The highest BCUT2D eigenvalue weighted by Crippen LogP contribution is 2.21. The maximum atomic E-state index is 12.0. The zero-order valence-corrected chi connectivity index (χ0v) is 11.2. The second-order valence-electron chi connectivity index (χ2n) is 5.13. The molecule has 2 rings (SSSR count). The van der Waals surface area contributed by atoms with Gasteiger partial charge in [-0.2, -0.15) is 0 Å². The number of amides is 3. The van der Waals surface area contributed by atoms with Crippen LogP contribution in [0.2, 0.25) is 0 Å². The van der Waals surface area contributed by atoms with E-state index >= 15 is 0 Å². The van der Waals surface area contributed by atoms with Crippen molar-refractivity contribution in [1.29, 1.82) is 0 Å². The van der Waals surface area contributed by atoms with Crippen LogP contribution in [0.25, 0.3) is 0 Å². The standard InChI is InChI=1S/C14H14N2O4/c1-14(2,8-17)15-11(18)7-16-12(19)9-5-3-4-6-10(9)13(16)20/h3-6,8H,7H2,1-2H3,(H,15,18). The molecule has 1 aliphatic heterocycles. The number of aldehydes is 1. The van der Waals surface area contributed by atoms with Gasteiger partial charge in [0, 0.05) is 0 Å². The summed E-state index contributed by atoms with van der Waals surface area (Å²) in [6.07, 6.45) is 0.591. The summed E-state index contributed by atoms with van der Waals surface area (Å²) >= 11 is 0. The Morgan fingerprint density at radius 2 is 1.70 bits per heavy atom. The first kappa shape index (κ1) is 13.9. The van der Waals surface area contributed by atoms with Crippen LogP contribution >= 0.6 is 0 Å². The summed E-state index contributed by atoms with van der Waals surface area (Å²) < 4.78 is 0. The Balaban J connectivity index is 2.13. The fourth-order valence-corrected chi connectivity index (χ4v) is 1.95. The molecule has 6 nitrogen and oxygen atoms in total. The summed E-state index contributed by atoms with van der Waals surface area (Å²) in [6, 6.07) is 6.40. The van der Waals surface area contributed by atoms with Crippen LogP contribution in [-0.4, -0.2) is 41.0 Å². The lowest BCUT2D eigenvalue weighted by Gasteiger charge is -2.21. The Kier molecular flexibility index (Phi) is 3.40. The molecule has 0 saturated carbocycles. The van der Waals surface area contributed by atoms with E-state index < -0.39 is 29.8 Å². The Bertz CT molecular complexity index is 572. The minimum absolute atomic E-state index is 0.292. The van der Waals surface area contributed by atoms with Crippen molar-refractivity contribution in [3.8, 4) is 0 Å². The maximum absolute atomic E-state index is 12.0. The van der Waals surface area contributed by atoms with Gasteiger partial charge in [0.15, 0.2) is 0 Å². The van der Waals surface area contributed by atoms with Crippen LogP contribution in [0.3, 0.4) is 0 Å². The van der Waals surface area contributed by atoms with E-state index in [1.807, 2.05) is 0 Å². The zero-order chi connectivity index (χ0) is 14.9. The molecule has 0 atom stereocenters. The van der Waals surface area contributed by atoms with Crippen molar-refractivity contribution in [3.05, 3.63) is 35.4 Å². The third-order valence-corrected chi connectivity index (χ3v) is 2.94. The summed E-state index contributed by atoms with van der Waals surface area (Å²) in [5, 5.41) is 2.45. The Morgan fingerprint density at radius 3 is 2.15 bits per heavy atom. The summed E-state index contributed by atoms with van der Waals surface area (Å²) in [7, 11) is 0. The quantitative estimate of drug-likeness (QED) is 0.635. The molecule has 1 N–H and O–H groups in total. The normalized spacial score (nSPS) is 14.2. The van der Waals surface area contributed by atoms with Gasteiger partial charge in [-0.1, -0.05) is 12.1 Å². The third-order valence-electron chi connectivity index (χ3n) is 2.94. The van der Waals surface area contributed by atoms with Crippen molar-refractivity contribution in [1.82, 2.24) is 10.2 Å². The van der Waals surface area contributed by atoms with Gasteiger partial charge < -0.3 is 10.1 Å². The first-order valence-corrected chi connectivity index (χ1v) is 6.08. The van der Waals surface area contributed by atoms with Gasteiger partial charge in [0.25, 0.3) is 11.8 Å². The topological polar surface area (TPSA) is 83.6 Å². The number of benzene rings is 1. The summed E-state index contributed by atoms with van der Waals surface area (Å²) in [6.45, 7) is 2.66. The Morgan fingerprint density at radius 1 is 1.20 bits per heavy atom. The van der Waals surface area contributed by atoms with Gasteiger partial charge in [-0.25, -0.2) is 0 Å². The summed E-state index contributed by atoms with van der Waals surface area (Å²) in [4.78, 5) is 47.5. The number of nitrogens with zero attached hydrogens (tertiary/aromatic N) is 1. The molecule has 3 amide bonds. The molecule has 6 heteroatoms. The van der Waals surface area contributed by atoms with Crippen LogP contribution in [0.5, 0.6) is 0 Å². The fraction of sp³-hybridized carbons (Fsp3) is 0.286. The van der Waals surface area contributed by atoms with Gasteiger partial charge in [0.05, 0.1) is 16.7 Å². The minimum atomic E-state index is -1.03. The molecule has 0 radical (unpaired) electrons. The predicted molar refractivity (Wildman–Crippen MR) is 70.1 cm³/mol. The highest BCUT2D eigenvalue weighted by molar-refractivity contribution is 6.22. The molecule has 0 unspecified atom stereocenters. The average Bonchev–Trinajstić information content (AvgIpc) is 2.64. The summed E-state index contributed by atoms with van der Waals surface area (Å²) in [5.74, 6) is -1.55. The minimum Gasteiger partial charge on any atom is -0.343 e. The van der Waals surface area contributed by atoms with Crippen LogP contribution in [-0.2, 0) is 9.59 Å². The van der Waals surface area contributed by atoms with Crippen molar-refractivity contribution >= 4 is 24.0 Å². The lowest BCUT2D eigenvalue weighted by Crippen LogP contribution is -2.49. The molecule has 0 spiro atoms. The lowest BCUT2D eigenvalue weighted by atomic mass is 10.1. The predicted octanol–water partition coefficient (Wildman–Crippen LogP) is 0.376. The molecule has 0 aliphatic carbocycles. The van der Waals surface area contributed by atoms with Crippen LogP contribution in [0.15, 0.2) is 24.3 Å². The number of imide groups is 1. The third kappa shape index (κ3) is 2.45. The SMILES string of the molecule is CC(C)(C=O)NC(=O)CN1C(=O)c2ccccc2C1=O. The Labute approximate surface area is 115 Å². The second kappa shape index (κ2) is 4.88. The monoisotopic (exact) mass is 274 g/mol. The molecule has 20 heavy (non-hydrogen) atoms. The van der Waals surface area contributed by atoms with Gasteiger partial charge in [-0.15, -0.1) is 0 Å². The molecule has 1 aliphatic rings. The van der Waals surface area contributed by atoms with E-state index in [0.29, 0.717) is 17.4 Å². The summed E-state index contributed by atoms with van der Waals surface area (Å²) in [5.41, 5.74) is -0.449. The number of nitrogens with one attached hydrogen (secondary N) is 1. The highest BCUT2D eigenvalue weighted by atomic mass is 16.2. The van der Waals surface area contributed by atoms with Crippen LogP contribution < -0.4 is 5.32 Å². The van der Waals surface area contributed by atoms with Crippen LogP contribution in [0.1, 0.15) is 34.6 Å². The number of carbonyl (C=O) groups excluding carboxylic acids is 4. The van der Waals surface area contributed by atoms with Crippen LogP contribution in [0.4, 0.5) is 0 Å². The average molecular weight is 274 g/mol. The molecule has 104 valence electrons. The van der Waals surface area contributed by atoms with E-state index in [1.54, 1.807) is 24.3 Å². The van der Waals surface area contributed by atoms with Crippen LogP contribution in [0, 0.1) is 0 Å². The largest absolute Gasteiger partial charge is 0.343 e. The number of rotatable bonds is 4. The number of hydrogen-bond donors (Lipinski definition) is 1. The molecule has 0 aromatic heterocycles. The van der Waals surface area contributed by atoms with Crippen molar-refractivity contribution in [2.24, 2.45) is 0 Å². The maximum Gasteiger partial charge on any atom is 0.262 e. The lowest BCUT2D eigenvalue weighted by molar-refractivity contribution is -0.126. The first-order chi connectivity index (χ1) is 9.35. The van der Waals surface area contributed by atoms with E-state index in [9.17, 15) is 19.2 Å². The number of fused-ring (bicyclic) bond motifs is 1. The van der Waals surface area contributed by atoms with Gasteiger partial charge in [0.1, 0.15) is 12.8 Å². The number of hydrogen-bond acceptors (Lipinski definition) is 4. The second-order valence-corrected chi connectivity index (χ2v) is 5.13. The highest BCUT2D eigenvalue weighted by Gasteiger charge is 2.36. The zero-order valence-electron chi connectivity index (χ0n) is 11.2. The Hall–Kier alpha value is -2.50. The molecular weight excluding hydrogens is 260 g/mol. The van der Waals surface area contributed by atoms with Crippen molar-refractivity contribution < 1.29 is 19.2 Å². The van der Waals surface area contributed by atoms with Crippen molar-refractivity contribution in [2.45, 2.75) is 19.4 Å². The molecule has 1 heterocycles. The van der Waals surface area contributed by atoms with E-state index in [-0.39, 0.29) is 0 Å². The van der Waals surface area contributed by atoms with E-state index in [2.05, 4.69) is 5.32 Å². The van der Waals surface area contributed by atoms with Crippen molar-refractivity contribution in [3.63, 3.8) is 0 Å². The van der Waals surface area contributed by atoms with Gasteiger partial charge in [-0.3, -0.25) is 19.3 Å². The molecule has 1 aromatic carbocycles. The smallest absolute Gasteiger partial charge is 0.262 e. The molecule has 0 fully saturated rings. The van der Waals surface area contributed by atoms with E-state index in [4.69, 9.17) is 0 Å². The molecule has 0 saturated heterocycles. The van der Waals surface area contributed by atoms with Gasteiger partial charge in [-0.05, 0) is 26.0 Å². The first-order valence-electron chi connectivity index (χ1n) is 6.08. The molecule has 0 bridgehead atoms. The number of carbonyl (C=O) groups is 4. The van der Waals surface area contributed by atoms with E-state index in [1.165, 1.54) is 13.8 Å². The molecular formula is C14H14N2O4. The molecule has 1 aromatic rings. The van der Waals surface area contributed by atoms with Gasteiger partial charge >= 0.3 is 0 Å².